The SMILES string of the molecule is O=C1[C@H]2CCCC[C@H]2C(=O)N1C[C@@H](O)c1ccc(OC(F)F)cc1. The summed E-state index contributed by atoms with van der Waals surface area (Å²) in [7, 11) is 0. The van der Waals surface area contributed by atoms with Crippen LogP contribution >= 0.6 is 0 Å². The minimum absolute atomic E-state index is 0.0136. The Hall–Kier alpha value is -2.02. The minimum Gasteiger partial charge on any atom is -0.435 e. The molecule has 1 saturated heterocycles. The van der Waals surface area contributed by atoms with E-state index in [1.807, 2.05) is 0 Å². The molecule has 24 heavy (non-hydrogen) atoms. The molecule has 1 aromatic carbocycles. The van der Waals surface area contributed by atoms with Crippen molar-refractivity contribution < 1.29 is 28.2 Å². The molecule has 2 amide bonds. The molecule has 0 unspecified atom stereocenters. The van der Waals surface area contributed by atoms with E-state index in [0.717, 1.165) is 30.6 Å². The van der Waals surface area contributed by atoms with Crippen molar-refractivity contribution in [1.29, 1.82) is 0 Å². The summed E-state index contributed by atoms with van der Waals surface area (Å²) in [5.41, 5.74) is 0.437. The molecule has 1 heterocycles. The number of imide groups is 1. The molecule has 1 N–H and O–H groups in total. The first-order valence-corrected chi connectivity index (χ1v) is 8.05. The van der Waals surface area contributed by atoms with Crippen LogP contribution in [0.5, 0.6) is 5.75 Å². The molecule has 1 saturated carbocycles. The average Bonchev–Trinajstić information content (AvgIpc) is 2.80. The van der Waals surface area contributed by atoms with Gasteiger partial charge in [-0.1, -0.05) is 25.0 Å². The number of carbonyl (C=O) groups is 2. The van der Waals surface area contributed by atoms with Gasteiger partial charge >= 0.3 is 6.61 Å². The van der Waals surface area contributed by atoms with E-state index in [9.17, 15) is 23.5 Å². The number of rotatable bonds is 5. The number of hydrogen-bond donors (Lipinski definition) is 1. The third-order valence-electron chi connectivity index (χ3n) is 4.78. The van der Waals surface area contributed by atoms with Crippen LogP contribution in [0.2, 0.25) is 0 Å². The van der Waals surface area contributed by atoms with E-state index in [1.54, 1.807) is 0 Å². The second kappa shape index (κ2) is 6.84. The second-order valence-corrected chi connectivity index (χ2v) is 6.25. The Morgan fingerprint density at radius 3 is 2.12 bits per heavy atom. The van der Waals surface area contributed by atoms with Gasteiger partial charge in [-0.25, -0.2) is 0 Å². The number of fused-ring (bicyclic) bond motifs is 1. The number of benzene rings is 1. The third kappa shape index (κ3) is 3.26. The van der Waals surface area contributed by atoms with Crippen LogP contribution in [0.3, 0.4) is 0 Å². The van der Waals surface area contributed by atoms with Gasteiger partial charge in [-0.3, -0.25) is 14.5 Å². The molecule has 0 radical (unpaired) electrons. The van der Waals surface area contributed by atoms with Crippen molar-refractivity contribution in [3.05, 3.63) is 29.8 Å². The maximum Gasteiger partial charge on any atom is 0.387 e. The van der Waals surface area contributed by atoms with Gasteiger partial charge in [0.15, 0.2) is 0 Å². The van der Waals surface area contributed by atoms with E-state index in [0.29, 0.717) is 5.56 Å². The number of carbonyl (C=O) groups excluding carboxylic acids is 2. The fraction of sp³-hybridized carbons (Fsp3) is 0.529. The largest absolute Gasteiger partial charge is 0.435 e. The lowest BCUT2D eigenvalue weighted by Gasteiger charge is -2.19. The number of ether oxygens (including phenoxy) is 1. The van der Waals surface area contributed by atoms with Gasteiger partial charge in [0.1, 0.15) is 5.75 Å². The molecule has 0 bridgehead atoms. The van der Waals surface area contributed by atoms with E-state index in [1.165, 1.54) is 24.3 Å². The van der Waals surface area contributed by atoms with Crippen LogP contribution < -0.4 is 4.74 Å². The number of alkyl halides is 2. The van der Waals surface area contributed by atoms with Crippen LogP contribution in [0.1, 0.15) is 37.4 Å². The number of halogens is 2. The van der Waals surface area contributed by atoms with Crippen LogP contribution in [-0.4, -0.2) is 35.0 Å². The Kier molecular flexibility index (Phi) is 4.80. The lowest BCUT2D eigenvalue weighted by atomic mass is 9.81. The number of β-amino-alcohol motifs (C(OH)–C–C–N with tert-alkyl or cyclic N) is 1. The fourth-order valence-corrected chi connectivity index (χ4v) is 3.56. The molecule has 5 nitrogen and oxygen atoms in total. The van der Waals surface area contributed by atoms with E-state index in [4.69, 9.17) is 0 Å². The molecule has 7 heteroatoms. The van der Waals surface area contributed by atoms with Crippen molar-refractivity contribution in [2.24, 2.45) is 11.8 Å². The Bertz CT molecular complexity index is 596. The Labute approximate surface area is 138 Å². The van der Waals surface area contributed by atoms with Crippen molar-refractivity contribution in [2.75, 3.05) is 6.54 Å². The van der Waals surface area contributed by atoms with Gasteiger partial charge < -0.3 is 9.84 Å². The van der Waals surface area contributed by atoms with E-state index in [2.05, 4.69) is 4.74 Å². The zero-order valence-electron chi connectivity index (χ0n) is 13.0. The molecule has 130 valence electrons. The maximum atomic E-state index is 12.4. The summed E-state index contributed by atoms with van der Waals surface area (Å²) in [6, 6.07) is 5.52. The molecule has 0 spiro atoms. The summed E-state index contributed by atoms with van der Waals surface area (Å²) >= 11 is 0. The summed E-state index contributed by atoms with van der Waals surface area (Å²) in [6.07, 6.45) is 2.28. The first-order chi connectivity index (χ1) is 11.5. The number of nitrogens with zero attached hydrogens (tertiary/aromatic N) is 1. The predicted octanol–water partition coefficient (Wildman–Crippen LogP) is 2.50. The maximum absolute atomic E-state index is 12.4. The predicted molar refractivity (Wildman–Crippen MR) is 80.2 cm³/mol. The fourth-order valence-electron chi connectivity index (χ4n) is 3.56. The summed E-state index contributed by atoms with van der Waals surface area (Å²) < 4.78 is 28.5. The first-order valence-electron chi connectivity index (χ1n) is 8.05. The monoisotopic (exact) mass is 339 g/mol. The molecule has 3 atom stereocenters. The van der Waals surface area contributed by atoms with Gasteiger partial charge in [-0.2, -0.15) is 8.78 Å². The number of aliphatic hydroxyl groups is 1. The third-order valence-corrected chi connectivity index (χ3v) is 4.78. The Balaban J connectivity index is 1.67. The molecule has 1 aliphatic heterocycles. The van der Waals surface area contributed by atoms with Crippen molar-refractivity contribution in [3.63, 3.8) is 0 Å². The number of aliphatic hydroxyl groups excluding tert-OH is 1. The van der Waals surface area contributed by atoms with E-state index >= 15 is 0 Å². The summed E-state index contributed by atoms with van der Waals surface area (Å²) in [4.78, 5) is 25.9. The van der Waals surface area contributed by atoms with Crippen molar-refractivity contribution in [3.8, 4) is 5.75 Å². The van der Waals surface area contributed by atoms with Gasteiger partial charge in [0, 0.05) is 0 Å². The lowest BCUT2D eigenvalue weighted by Crippen LogP contribution is -2.35. The van der Waals surface area contributed by atoms with Crippen LogP contribution in [0.25, 0.3) is 0 Å². The minimum atomic E-state index is -2.91. The molecular weight excluding hydrogens is 320 g/mol. The summed E-state index contributed by atoms with van der Waals surface area (Å²) in [6.45, 7) is -3.02. The van der Waals surface area contributed by atoms with Crippen LogP contribution in [0.15, 0.2) is 24.3 Å². The van der Waals surface area contributed by atoms with Gasteiger partial charge in [0.25, 0.3) is 0 Å². The van der Waals surface area contributed by atoms with Gasteiger partial charge in [0.05, 0.1) is 24.5 Å². The summed E-state index contributed by atoms with van der Waals surface area (Å²) in [5, 5.41) is 10.3. The molecule has 1 aliphatic carbocycles. The molecule has 2 fully saturated rings. The molecule has 0 aromatic heterocycles. The second-order valence-electron chi connectivity index (χ2n) is 6.25. The normalized spacial score (nSPS) is 25.1. The highest BCUT2D eigenvalue weighted by atomic mass is 19.3. The van der Waals surface area contributed by atoms with Gasteiger partial charge in [-0.15, -0.1) is 0 Å². The van der Waals surface area contributed by atoms with Crippen molar-refractivity contribution in [1.82, 2.24) is 4.90 Å². The highest BCUT2D eigenvalue weighted by Crippen LogP contribution is 2.38. The molecule has 3 rings (SSSR count). The topological polar surface area (TPSA) is 66.8 Å². The molecular formula is C17H19F2NO4. The molecule has 1 aromatic rings. The van der Waals surface area contributed by atoms with Crippen molar-refractivity contribution >= 4 is 11.8 Å². The molecule has 2 aliphatic rings. The van der Waals surface area contributed by atoms with Crippen LogP contribution in [0, 0.1) is 11.8 Å². The number of hydrogen-bond acceptors (Lipinski definition) is 4. The zero-order chi connectivity index (χ0) is 17.3. The summed E-state index contributed by atoms with van der Waals surface area (Å²) in [5.74, 6) is -0.927. The first kappa shape index (κ1) is 16.8. The van der Waals surface area contributed by atoms with Gasteiger partial charge in [-0.05, 0) is 30.5 Å². The zero-order valence-corrected chi connectivity index (χ0v) is 13.0. The number of likely N-dealkylation sites (tertiary alicyclic amines) is 1. The quantitative estimate of drug-likeness (QED) is 0.837. The smallest absolute Gasteiger partial charge is 0.387 e. The van der Waals surface area contributed by atoms with E-state index < -0.39 is 12.7 Å². The highest BCUT2D eigenvalue weighted by Gasteiger charge is 2.48. The van der Waals surface area contributed by atoms with E-state index in [-0.39, 0.29) is 35.9 Å². The number of amides is 2. The lowest BCUT2D eigenvalue weighted by molar-refractivity contribution is -0.141. The average molecular weight is 339 g/mol. The van der Waals surface area contributed by atoms with Crippen LogP contribution in [0.4, 0.5) is 8.78 Å². The van der Waals surface area contributed by atoms with Gasteiger partial charge in [0.2, 0.25) is 11.8 Å². The van der Waals surface area contributed by atoms with Crippen molar-refractivity contribution in [2.45, 2.75) is 38.4 Å². The standard InChI is InChI=1S/C17H19F2NO4/c18-17(19)24-11-7-5-10(6-8-11)14(21)9-20-15(22)12-3-1-2-4-13(12)16(20)23/h5-8,12-14,17,21H,1-4,9H2/t12-,13+,14-/m1/s1. The van der Waals surface area contributed by atoms with Crippen LogP contribution in [-0.2, 0) is 9.59 Å². The Morgan fingerprint density at radius 2 is 1.62 bits per heavy atom. The Morgan fingerprint density at radius 1 is 1.08 bits per heavy atom. The highest BCUT2D eigenvalue weighted by molar-refractivity contribution is 6.05.